The van der Waals surface area contributed by atoms with Crippen molar-refractivity contribution in [3.05, 3.63) is 71.8 Å². The van der Waals surface area contributed by atoms with Crippen molar-refractivity contribution in [2.75, 3.05) is 40.0 Å². The van der Waals surface area contributed by atoms with E-state index in [4.69, 9.17) is 9.47 Å². The summed E-state index contributed by atoms with van der Waals surface area (Å²) in [4.78, 5) is 55.1. The van der Waals surface area contributed by atoms with E-state index in [2.05, 4.69) is 10.2 Å². The number of benzene rings is 2. The van der Waals surface area contributed by atoms with Gasteiger partial charge in [-0.15, -0.1) is 0 Å². The normalized spacial score (nSPS) is 15.9. The number of morpholine rings is 1. The molecular formula is C34H46N2O6. The average molecular weight is 579 g/mol. The van der Waals surface area contributed by atoms with Crippen molar-refractivity contribution < 1.29 is 28.7 Å². The summed E-state index contributed by atoms with van der Waals surface area (Å²) in [6.45, 7) is 6.86. The van der Waals surface area contributed by atoms with Crippen LogP contribution in [-0.4, -0.2) is 74.3 Å². The summed E-state index contributed by atoms with van der Waals surface area (Å²) < 4.78 is 10.4. The molecule has 1 amide bonds. The number of rotatable bonds is 17. The van der Waals surface area contributed by atoms with Gasteiger partial charge in [-0.2, -0.15) is 0 Å². The number of nitrogens with one attached hydrogen (secondary N) is 1. The first-order valence-electron chi connectivity index (χ1n) is 15.1. The van der Waals surface area contributed by atoms with Crippen LogP contribution in [0.4, 0.5) is 0 Å². The molecule has 0 spiro atoms. The minimum atomic E-state index is -0.756. The van der Waals surface area contributed by atoms with Crippen molar-refractivity contribution in [1.82, 2.24) is 10.2 Å². The summed E-state index contributed by atoms with van der Waals surface area (Å²) in [6.07, 6.45) is 2.02. The smallest absolute Gasteiger partial charge is 0.309 e. The van der Waals surface area contributed by atoms with E-state index in [1.807, 2.05) is 74.5 Å². The van der Waals surface area contributed by atoms with Gasteiger partial charge in [0.25, 0.3) is 0 Å². The molecule has 8 nitrogen and oxygen atoms in total. The van der Waals surface area contributed by atoms with Crippen LogP contribution in [0.5, 0.6) is 0 Å². The highest BCUT2D eigenvalue weighted by Gasteiger charge is 2.31. The summed E-state index contributed by atoms with van der Waals surface area (Å²) in [5, 5.41) is 2.99. The summed E-state index contributed by atoms with van der Waals surface area (Å²) >= 11 is 0. The molecule has 1 aliphatic rings. The molecule has 1 heterocycles. The van der Waals surface area contributed by atoms with Crippen LogP contribution in [0.3, 0.4) is 0 Å². The summed E-state index contributed by atoms with van der Waals surface area (Å²) in [5.41, 5.74) is 2.03. The first-order valence-corrected chi connectivity index (χ1v) is 15.1. The van der Waals surface area contributed by atoms with Crippen molar-refractivity contribution in [3.8, 4) is 0 Å². The molecule has 2 aromatic rings. The van der Waals surface area contributed by atoms with Gasteiger partial charge < -0.3 is 14.8 Å². The molecule has 2 aromatic carbocycles. The van der Waals surface area contributed by atoms with Gasteiger partial charge in [0.15, 0.2) is 5.78 Å². The second kappa shape index (κ2) is 17.6. The number of nitrogens with zero attached hydrogens (tertiary/aromatic N) is 1. The molecule has 3 atom stereocenters. The maximum absolute atomic E-state index is 13.7. The lowest BCUT2D eigenvalue weighted by Crippen LogP contribution is -2.46. The summed E-state index contributed by atoms with van der Waals surface area (Å²) in [6, 6.07) is 18.6. The Morgan fingerprint density at radius 2 is 1.50 bits per heavy atom. The van der Waals surface area contributed by atoms with E-state index < -0.39 is 23.8 Å². The highest BCUT2D eigenvalue weighted by atomic mass is 16.5. The third-order valence-electron chi connectivity index (χ3n) is 7.69. The average Bonchev–Trinajstić information content (AvgIpc) is 2.99. The molecule has 0 saturated carbocycles. The molecule has 42 heavy (non-hydrogen) atoms. The number of esters is 1. The number of hydrogen-bond donors (Lipinski definition) is 1. The molecule has 0 aliphatic carbocycles. The number of carbonyl (C=O) groups is 4. The van der Waals surface area contributed by atoms with Crippen molar-refractivity contribution in [2.24, 2.45) is 17.8 Å². The number of hydrogen-bond acceptors (Lipinski definition) is 7. The lowest BCUT2D eigenvalue weighted by atomic mass is 9.88. The van der Waals surface area contributed by atoms with Gasteiger partial charge in [-0.25, -0.2) is 0 Å². The van der Waals surface area contributed by atoms with Crippen molar-refractivity contribution in [2.45, 2.75) is 58.4 Å². The molecule has 1 N–H and O–H groups in total. The van der Waals surface area contributed by atoms with Crippen LogP contribution in [0.15, 0.2) is 60.7 Å². The van der Waals surface area contributed by atoms with Crippen LogP contribution in [0.1, 0.15) is 50.7 Å². The van der Waals surface area contributed by atoms with E-state index in [0.717, 1.165) is 11.1 Å². The van der Waals surface area contributed by atoms with Gasteiger partial charge in [0, 0.05) is 31.8 Å². The molecule has 0 unspecified atom stereocenters. The zero-order valence-electron chi connectivity index (χ0n) is 25.3. The fraction of sp³-hybridized carbons (Fsp3) is 0.529. The predicted molar refractivity (Wildman–Crippen MR) is 162 cm³/mol. The quantitative estimate of drug-likeness (QED) is 0.283. The monoisotopic (exact) mass is 578 g/mol. The Kier molecular flexibility index (Phi) is 13.9. The molecule has 0 radical (unpaired) electrons. The third kappa shape index (κ3) is 11.5. The maximum atomic E-state index is 13.7. The Labute approximate surface area is 250 Å². The molecule has 1 aliphatic heterocycles. The number of carbonyl (C=O) groups excluding carboxylic acids is 4. The number of ketones is 2. The van der Waals surface area contributed by atoms with Gasteiger partial charge in [0.1, 0.15) is 5.78 Å². The third-order valence-corrected chi connectivity index (χ3v) is 7.69. The first kappa shape index (κ1) is 33.1. The Morgan fingerprint density at radius 3 is 2.10 bits per heavy atom. The fourth-order valence-electron chi connectivity index (χ4n) is 5.38. The maximum Gasteiger partial charge on any atom is 0.309 e. The topological polar surface area (TPSA) is 102 Å². The van der Waals surface area contributed by atoms with E-state index >= 15 is 0 Å². The molecule has 8 heteroatoms. The van der Waals surface area contributed by atoms with E-state index in [1.54, 1.807) is 0 Å². The van der Waals surface area contributed by atoms with Crippen LogP contribution in [0.25, 0.3) is 0 Å². The summed E-state index contributed by atoms with van der Waals surface area (Å²) in [7, 11) is 1.32. The second-order valence-corrected chi connectivity index (χ2v) is 11.6. The molecule has 0 bridgehead atoms. The Hall–Kier alpha value is -3.36. The van der Waals surface area contributed by atoms with Gasteiger partial charge in [-0.05, 0) is 42.7 Å². The lowest BCUT2D eigenvalue weighted by molar-refractivity contribution is -0.147. The Bertz CT molecular complexity index is 1130. The minimum absolute atomic E-state index is 0.00506. The first-order chi connectivity index (χ1) is 20.2. The number of amides is 1. The second-order valence-electron chi connectivity index (χ2n) is 11.6. The van der Waals surface area contributed by atoms with Crippen LogP contribution in [0.2, 0.25) is 0 Å². The van der Waals surface area contributed by atoms with Crippen molar-refractivity contribution >= 4 is 23.4 Å². The molecule has 228 valence electrons. The van der Waals surface area contributed by atoms with Gasteiger partial charge in [-0.3, -0.25) is 24.1 Å². The van der Waals surface area contributed by atoms with Gasteiger partial charge in [-0.1, -0.05) is 74.5 Å². The van der Waals surface area contributed by atoms with Gasteiger partial charge in [0.2, 0.25) is 5.91 Å². The number of aryl methyl sites for hydroxylation is 1. The van der Waals surface area contributed by atoms with Gasteiger partial charge in [0.05, 0.1) is 38.8 Å². The van der Waals surface area contributed by atoms with E-state index in [9.17, 15) is 19.2 Å². The Morgan fingerprint density at radius 1 is 0.881 bits per heavy atom. The zero-order valence-corrected chi connectivity index (χ0v) is 25.3. The zero-order chi connectivity index (χ0) is 30.3. The molecule has 1 fully saturated rings. The largest absolute Gasteiger partial charge is 0.469 e. The predicted octanol–water partition coefficient (Wildman–Crippen LogP) is 4.05. The van der Waals surface area contributed by atoms with Gasteiger partial charge >= 0.3 is 5.97 Å². The van der Waals surface area contributed by atoms with Crippen LogP contribution in [0, 0.1) is 17.8 Å². The van der Waals surface area contributed by atoms with Crippen molar-refractivity contribution in [3.63, 3.8) is 0 Å². The van der Waals surface area contributed by atoms with E-state index in [-0.39, 0.29) is 42.8 Å². The SMILES string of the molecule is COC(=O)[C@@H](CC(=O)[C@H](CC(C)C)NC(=O)[C@H](CCc1ccccc1)CC(=O)CN1CCOCC1)Cc1ccccc1. The van der Waals surface area contributed by atoms with Crippen LogP contribution in [-0.2, 0) is 41.5 Å². The standard InChI is InChI=1S/C34H46N2O6/c1-25(2)20-31(32(38)23-29(34(40)41-3)21-27-12-8-5-9-13-27)35-33(39)28(15-14-26-10-6-4-7-11-26)22-30(37)24-36-16-18-42-19-17-36/h4-13,25,28-29,31H,14-24H2,1-3H3,(H,35,39)/t28-,29-,31+/m1/s1. The van der Waals surface area contributed by atoms with E-state index in [0.29, 0.717) is 52.0 Å². The molecule has 1 saturated heterocycles. The fourth-order valence-corrected chi connectivity index (χ4v) is 5.38. The highest BCUT2D eigenvalue weighted by Crippen LogP contribution is 2.20. The highest BCUT2D eigenvalue weighted by molar-refractivity contribution is 5.93. The van der Waals surface area contributed by atoms with Crippen LogP contribution < -0.4 is 5.32 Å². The molecule has 3 rings (SSSR count). The Balaban J connectivity index is 1.72. The minimum Gasteiger partial charge on any atom is -0.469 e. The number of ether oxygens (including phenoxy) is 2. The molecular weight excluding hydrogens is 532 g/mol. The van der Waals surface area contributed by atoms with Crippen LogP contribution >= 0.6 is 0 Å². The number of Topliss-reactive ketones (excluding diaryl/α,β-unsaturated/α-hetero) is 2. The number of methoxy groups -OCH3 is 1. The lowest BCUT2D eigenvalue weighted by Gasteiger charge is -2.27. The van der Waals surface area contributed by atoms with E-state index in [1.165, 1.54) is 7.11 Å². The molecule has 0 aromatic heterocycles. The van der Waals surface area contributed by atoms with Crippen molar-refractivity contribution in [1.29, 1.82) is 0 Å². The summed E-state index contributed by atoms with van der Waals surface area (Å²) in [5.74, 6) is -2.03.